The minimum absolute atomic E-state index is 0.483. The predicted octanol–water partition coefficient (Wildman–Crippen LogP) is 1.81. The van der Waals surface area contributed by atoms with Crippen molar-refractivity contribution >= 4 is 5.82 Å². The molecule has 0 fully saturated rings. The van der Waals surface area contributed by atoms with E-state index >= 15 is 0 Å². The molecule has 1 unspecified atom stereocenters. The molecule has 1 aromatic rings. The number of methoxy groups -OCH3 is 1. The van der Waals surface area contributed by atoms with Gasteiger partial charge in [0.05, 0.1) is 18.0 Å². The van der Waals surface area contributed by atoms with E-state index in [1.807, 2.05) is 20.9 Å². The Balaban J connectivity index is 2.72. The van der Waals surface area contributed by atoms with E-state index in [1.54, 1.807) is 13.3 Å². The van der Waals surface area contributed by atoms with Gasteiger partial charge in [-0.25, -0.2) is 4.98 Å². The molecule has 1 atom stereocenters. The smallest absolute Gasteiger partial charge is 0.150 e. The zero-order valence-corrected chi connectivity index (χ0v) is 10.8. The molecule has 0 aliphatic heterocycles. The molecule has 0 radical (unpaired) electrons. The van der Waals surface area contributed by atoms with Crippen molar-refractivity contribution in [2.75, 3.05) is 32.2 Å². The van der Waals surface area contributed by atoms with Gasteiger partial charge in [-0.1, -0.05) is 6.92 Å². The fourth-order valence-corrected chi connectivity index (χ4v) is 1.78. The summed E-state index contributed by atoms with van der Waals surface area (Å²) in [5, 5.41) is 0. The summed E-state index contributed by atoms with van der Waals surface area (Å²) in [5.74, 6) is 1.44. The van der Waals surface area contributed by atoms with Crippen LogP contribution in [0.15, 0.2) is 6.20 Å². The summed E-state index contributed by atoms with van der Waals surface area (Å²) in [4.78, 5) is 11.0. The molecule has 0 bridgehead atoms. The van der Waals surface area contributed by atoms with Crippen molar-refractivity contribution in [3.05, 3.63) is 17.6 Å². The summed E-state index contributed by atoms with van der Waals surface area (Å²) < 4.78 is 5.13. The van der Waals surface area contributed by atoms with Crippen LogP contribution in [0, 0.1) is 19.8 Å². The molecule has 4 nitrogen and oxygen atoms in total. The van der Waals surface area contributed by atoms with Crippen LogP contribution in [0.3, 0.4) is 0 Å². The number of rotatable bonds is 5. The minimum Gasteiger partial charge on any atom is -0.384 e. The molecule has 1 aromatic heterocycles. The molecule has 1 rings (SSSR count). The van der Waals surface area contributed by atoms with Crippen molar-refractivity contribution in [3.63, 3.8) is 0 Å². The standard InChI is InChI=1S/C12H21N3O/c1-9(8-16-5)7-15(4)12-11(3)13-6-10(2)14-12/h6,9H,7-8H2,1-5H3. The minimum atomic E-state index is 0.483. The van der Waals surface area contributed by atoms with Crippen LogP contribution in [-0.2, 0) is 4.74 Å². The van der Waals surface area contributed by atoms with Crippen LogP contribution in [0.4, 0.5) is 5.82 Å². The third kappa shape index (κ3) is 3.45. The van der Waals surface area contributed by atoms with Gasteiger partial charge in [-0.3, -0.25) is 4.98 Å². The first-order chi connectivity index (χ1) is 7.54. The molecule has 16 heavy (non-hydrogen) atoms. The van der Waals surface area contributed by atoms with E-state index in [0.717, 1.165) is 30.4 Å². The van der Waals surface area contributed by atoms with Crippen molar-refractivity contribution in [2.24, 2.45) is 5.92 Å². The van der Waals surface area contributed by atoms with Crippen molar-refractivity contribution in [3.8, 4) is 0 Å². The molecule has 1 heterocycles. The van der Waals surface area contributed by atoms with Gasteiger partial charge in [-0.05, 0) is 19.8 Å². The third-order valence-corrected chi connectivity index (χ3v) is 2.45. The second-order valence-electron chi connectivity index (χ2n) is 4.36. The predicted molar refractivity (Wildman–Crippen MR) is 65.8 cm³/mol. The molecule has 0 aliphatic carbocycles. The lowest BCUT2D eigenvalue weighted by molar-refractivity contribution is 0.162. The Bertz CT molecular complexity index is 341. The molecule has 0 spiro atoms. The fraction of sp³-hybridized carbons (Fsp3) is 0.667. The summed E-state index contributed by atoms with van der Waals surface area (Å²) in [6, 6.07) is 0. The number of ether oxygens (including phenoxy) is 1. The molecular formula is C12H21N3O. The van der Waals surface area contributed by atoms with Crippen LogP contribution in [0.2, 0.25) is 0 Å². The number of aryl methyl sites for hydroxylation is 2. The van der Waals surface area contributed by atoms with Crippen molar-refractivity contribution < 1.29 is 4.74 Å². The Morgan fingerprint density at radius 1 is 1.44 bits per heavy atom. The van der Waals surface area contributed by atoms with E-state index in [1.165, 1.54) is 0 Å². The van der Waals surface area contributed by atoms with Crippen LogP contribution < -0.4 is 4.90 Å². The Morgan fingerprint density at radius 2 is 2.12 bits per heavy atom. The summed E-state index contributed by atoms with van der Waals surface area (Å²) in [5.41, 5.74) is 1.92. The Labute approximate surface area is 97.7 Å². The van der Waals surface area contributed by atoms with Gasteiger partial charge < -0.3 is 9.64 Å². The van der Waals surface area contributed by atoms with Gasteiger partial charge in [0.1, 0.15) is 5.82 Å². The first-order valence-corrected chi connectivity index (χ1v) is 5.55. The highest BCUT2D eigenvalue weighted by molar-refractivity contribution is 5.42. The molecule has 0 amide bonds. The van der Waals surface area contributed by atoms with Gasteiger partial charge >= 0.3 is 0 Å². The highest BCUT2D eigenvalue weighted by Crippen LogP contribution is 2.14. The summed E-state index contributed by atoms with van der Waals surface area (Å²) >= 11 is 0. The lowest BCUT2D eigenvalue weighted by Crippen LogP contribution is -2.28. The van der Waals surface area contributed by atoms with Crippen molar-refractivity contribution in [2.45, 2.75) is 20.8 Å². The maximum atomic E-state index is 5.13. The average Bonchev–Trinajstić information content (AvgIpc) is 2.21. The maximum absolute atomic E-state index is 5.13. The van der Waals surface area contributed by atoms with Gasteiger partial charge in [0.15, 0.2) is 0 Å². The lowest BCUT2D eigenvalue weighted by atomic mass is 10.2. The van der Waals surface area contributed by atoms with Crippen LogP contribution in [0.1, 0.15) is 18.3 Å². The molecular weight excluding hydrogens is 202 g/mol. The number of hydrogen-bond acceptors (Lipinski definition) is 4. The van der Waals surface area contributed by atoms with E-state index in [0.29, 0.717) is 5.92 Å². The van der Waals surface area contributed by atoms with Gasteiger partial charge in [0.25, 0.3) is 0 Å². The third-order valence-electron chi connectivity index (χ3n) is 2.45. The molecule has 90 valence electrons. The van der Waals surface area contributed by atoms with E-state index in [-0.39, 0.29) is 0 Å². The second-order valence-corrected chi connectivity index (χ2v) is 4.36. The van der Waals surface area contributed by atoms with Crippen LogP contribution in [0.25, 0.3) is 0 Å². The van der Waals surface area contributed by atoms with Gasteiger partial charge in [0, 0.05) is 26.9 Å². The SMILES string of the molecule is COCC(C)CN(C)c1nc(C)cnc1C. The maximum Gasteiger partial charge on any atom is 0.150 e. The zero-order chi connectivity index (χ0) is 12.1. The molecule has 0 saturated carbocycles. The molecule has 0 saturated heterocycles. The largest absolute Gasteiger partial charge is 0.384 e. The van der Waals surface area contributed by atoms with Crippen LogP contribution in [-0.4, -0.2) is 37.3 Å². The molecule has 4 heteroatoms. The number of anilines is 1. The molecule has 0 N–H and O–H groups in total. The summed E-state index contributed by atoms with van der Waals surface area (Å²) in [6.07, 6.45) is 1.80. The summed E-state index contributed by atoms with van der Waals surface area (Å²) in [6.45, 7) is 7.80. The van der Waals surface area contributed by atoms with Crippen molar-refractivity contribution in [1.29, 1.82) is 0 Å². The number of aromatic nitrogens is 2. The molecule has 0 aromatic carbocycles. The number of nitrogens with zero attached hydrogens (tertiary/aromatic N) is 3. The lowest BCUT2D eigenvalue weighted by Gasteiger charge is -2.23. The zero-order valence-electron chi connectivity index (χ0n) is 10.8. The topological polar surface area (TPSA) is 38.2 Å². The van der Waals surface area contributed by atoms with Gasteiger partial charge in [-0.2, -0.15) is 0 Å². The first-order valence-electron chi connectivity index (χ1n) is 5.55. The van der Waals surface area contributed by atoms with E-state index in [9.17, 15) is 0 Å². The number of hydrogen-bond donors (Lipinski definition) is 0. The fourth-order valence-electron chi connectivity index (χ4n) is 1.78. The first kappa shape index (κ1) is 12.9. The average molecular weight is 223 g/mol. The second kappa shape index (κ2) is 5.80. The van der Waals surface area contributed by atoms with Crippen LogP contribution in [0.5, 0.6) is 0 Å². The van der Waals surface area contributed by atoms with E-state index in [4.69, 9.17) is 4.74 Å². The van der Waals surface area contributed by atoms with E-state index < -0.39 is 0 Å². The molecule has 0 aliphatic rings. The van der Waals surface area contributed by atoms with Crippen molar-refractivity contribution in [1.82, 2.24) is 9.97 Å². The Hall–Kier alpha value is -1.16. The highest BCUT2D eigenvalue weighted by Gasteiger charge is 2.11. The highest BCUT2D eigenvalue weighted by atomic mass is 16.5. The van der Waals surface area contributed by atoms with Gasteiger partial charge in [-0.15, -0.1) is 0 Å². The Kier molecular flexibility index (Phi) is 4.68. The van der Waals surface area contributed by atoms with Gasteiger partial charge in [0.2, 0.25) is 0 Å². The Morgan fingerprint density at radius 3 is 2.75 bits per heavy atom. The quantitative estimate of drug-likeness (QED) is 0.763. The summed E-state index contributed by atoms with van der Waals surface area (Å²) in [7, 11) is 3.77. The monoisotopic (exact) mass is 223 g/mol. The normalized spacial score (nSPS) is 12.6. The van der Waals surface area contributed by atoms with E-state index in [2.05, 4.69) is 21.8 Å². The van der Waals surface area contributed by atoms with Crippen LogP contribution >= 0.6 is 0 Å².